The second-order valence-corrected chi connectivity index (χ2v) is 9.24. The molecule has 4 aliphatic carbocycles. The van der Waals surface area contributed by atoms with Gasteiger partial charge in [-0.25, -0.2) is 4.98 Å². The van der Waals surface area contributed by atoms with Gasteiger partial charge in [0, 0.05) is 26.1 Å². The largest absolute Gasteiger partial charge is 0.348 e. The van der Waals surface area contributed by atoms with Crippen LogP contribution in [0.4, 0.5) is 5.95 Å². The Morgan fingerprint density at radius 3 is 2.27 bits per heavy atom. The summed E-state index contributed by atoms with van der Waals surface area (Å²) in [7, 11) is 3.87. The second kappa shape index (κ2) is 5.57. The van der Waals surface area contributed by atoms with Gasteiger partial charge in [0.1, 0.15) is 5.82 Å². The fourth-order valence-electron chi connectivity index (χ4n) is 6.39. The first-order valence-corrected chi connectivity index (χ1v) is 10.2. The molecule has 0 unspecified atom stereocenters. The number of fused-ring (bicyclic) bond motifs is 1. The molecule has 2 heterocycles. The zero-order valence-electron chi connectivity index (χ0n) is 16.1. The van der Waals surface area contributed by atoms with Crippen LogP contribution < -0.4 is 10.5 Å². The van der Waals surface area contributed by atoms with Crippen LogP contribution in [0.3, 0.4) is 0 Å². The van der Waals surface area contributed by atoms with Crippen molar-refractivity contribution in [3.63, 3.8) is 0 Å². The van der Waals surface area contributed by atoms with Gasteiger partial charge in [-0.3, -0.25) is 9.36 Å². The van der Waals surface area contributed by atoms with Gasteiger partial charge in [-0.1, -0.05) is 6.92 Å². The van der Waals surface area contributed by atoms with Gasteiger partial charge in [-0.2, -0.15) is 4.98 Å². The first kappa shape index (κ1) is 16.3. The van der Waals surface area contributed by atoms with E-state index in [0.717, 1.165) is 30.0 Å². The molecule has 4 fully saturated rings. The Morgan fingerprint density at radius 2 is 1.73 bits per heavy atom. The van der Waals surface area contributed by atoms with Crippen LogP contribution in [0.5, 0.6) is 0 Å². The summed E-state index contributed by atoms with van der Waals surface area (Å²) in [6.07, 6.45) is 8.85. The van der Waals surface area contributed by atoms with Crippen LogP contribution in [0.25, 0.3) is 11.2 Å². The predicted octanol–water partition coefficient (Wildman–Crippen LogP) is 3.06. The summed E-state index contributed by atoms with van der Waals surface area (Å²) in [5, 5.41) is 0. The number of aromatic amines is 1. The Morgan fingerprint density at radius 1 is 1.12 bits per heavy atom. The number of nitrogens with one attached hydrogen (secondary N) is 1. The topological polar surface area (TPSA) is 66.8 Å². The molecule has 6 heteroatoms. The lowest BCUT2D eigenvalue weighted by Gasteiger charge is -2.55. The number of hydrogen-bond donors (Lipinski definition) is 1. The minimum absolute atomic E-state index is 0.0176. The van der Waals surface area contributed by atoms with Crippen LogP contribution in [0, 0.1) is 17.8 Å². The van der Waals surface area contributed by atoms with E-state index in [4.69, 9.17) is 9.97 Å². The monoisotopic (exact) mass is 355 g/mol. The van der Waals surface area contributed by atoms with E-state index in [2.05, 4.69) is 11.9 Å². The first-order chi connectivity index (χ1) is 12.5. The number of imidazole rings is 1. The van der Waals surface area contributed by atoms with Gasteiger partial charge in [0.05, 0.1) is 0 Å². The Kier molecular flexibility index (Phi) is 3.50. The van der Waals surface area contributed by atoms with E-state index in [1.165, 1.54) is 38.5 Å². The average Bonchev–Trinajstić information content (AvgIpc) is 3.01. The van der Waals surface area contributed by atoms with Gasteiger partial charge in [-0.05, 0) is 62.7 Å². The molecular formula is C20H29N5O. The molecule has 0 atom stereocenters. The first-order valence-electron chi connectivity index (χ1n) is 10.2. The van der Waals surface area contributed by atoms with E-state index in [1.54, 1.807) is 4.57 Å². The Hall–Kier alpha value is -1.85. The van der Waals surface area contributed by atoms with Crippen LogP contribution in [-0.2, 0) is 12.0 Å². The van der Waals surface area contributed by atoms with Gasteiger partial charge >= 0.3 is 0 Å². The molecule has 1 N–H and O–H groups in total. The number of hydrogen-bond acceptors (Lipinski definition) is 4. The Bertz CT molecular complexity index is 874. The summed E-state index contributed by atoms with van der Waals surface area (Å²) in [4.78, 5) is 28.1. The van der Waals surface area contributed by atoms with Gasteiger partial charge < -0.3 is 9.88 Å². The van der Waals surface area contributed by atoms with E-state index >= 15 is 0 Å². The standard InChI is InChI=1S/C20H29N5O/c1-4-5-25-17(26)15-16(23-19(25)24(2)3)22-18(21-15)20-9-12-6-13(10-20)8-14(7-12)11-20/h12-14H,4-11H2,1-3H3,(H,21,22). The molecule has 0 aliphatic heterocycles. The second-order valence-electron chi connectivity index (χ2n) is 9.24. The van der Waals surface area contributed by atoms with Crippen molar-refractivity contribution in [2.75, 3.05) is 19.0 Å². The molecular weight excluding hydrogens is 326 g/mol. The lowest BCUT2D eigenvalue weighted by molar-refractivity contribution is -0.00888. The maximum Gasteiger partial charge on any atom is 0.280 e. The zero-order valence-corrected chi connectivity index (χ0v) is 16.1. The molecule has 6 rings (SSSR count). The summed E-state index contributed by atoms with van der Waals surface area (Å²) < 4.78 is 1.78. The molecule has 0 saturated heterocycles. The SMILES string of the molecule is CCCn1c(N(C)C)nc2nc(C34CC5CC(CC(C5)C3)C4)[nH]c2c1=O. The minimum Gasteiger partial charge on any atom is -0.348 e. The third-order valence-corrected chi connectivity index (χ3v) is 6.98. The van der Waals surface area contributed by atoms with Gasteiger partial charge in [-0.15, -0.1) is 0 Å². The highest BCUT2D eigenvalue weighted by molar-refractivity contribution is 5.71. The van der Waals surface area contributed by atoms with Crippen molar-refractivity contribution in [2.24, 2.45) is 17.8 Å². The van der Waals surface area contributed by atoms with Crippen LogP contribution in [0.15, 0.2) is 4.79 Å². The number of H-pyrrole nitrogens is 1. The minimum atomic E-state index is 0.0176. The average molecular weight is 355 g/mol. The van der Waals surface area contributed by atoms with Crippen molar-refractivity contribution in [1.82, 2.24) is 19.5 Å². The summed E-state index contributed by atoms with van der Waals surface area (Å²) >= 11 is 0. The maximum atomic E-state index is 13.1. The molecule has 26 heavy (non-hydrogen) atoms. The van der Waals surface area contributed by atoms with E-state index in [1.807, 2.05) is 19.0 Å². The Balaban J connectivity index is 1.65. The highest BCUT2D eigenvalue weighted by Gasteiger charge is 2.53. The van der Waals surface area contributed by atoms with Gasteiger partial charge in [0.15, 0.2) is 11.2 Å². The van der Waals surface area contributed by atoms with Crippen LogP contribution in [-0.4, -0.2) is 33.6 Å². The molecule has 4 saturated carbocycles. The van der Waals surface area contributed by atoms with Crippen LogP contribution >= 0.6 is 0 Å². The smallest absolute Gasteiger partial charge is 0.280 e. The normalized spacial score (nSPS) is 32.5. The summed E-state index contributed by atoms with van der Waals surface area (Å²) in [6.45, 7) is 2.77. The van der Waals surface area contributed by atoms with Crippen LogP contribution in [0.2, 0.25) is 0 Å². The van der Waals surface area contributed by atoms with Crippen molar-refractivity contribution in [2.45, 2.75) is 63.8 Å². The van der Waals surface area contributed by atoms with Gasteiger partial charge in [0.25, 0.3) is 5.56 Å². The third-order valence-electron chi connectivity index (χ3n) is 6.98. The van der Waals surface area contributed by atoms with Crippen LogP contribution in [0.1, 0.15) is 57.7 Å². The van der Waals surface area contributed by atoms with E-state index < -0.39 is 0 Å². The molecule has 4 aliphatic rings. The van der Waals surface area contributed by atoms with Crippen molar-refractivity contribution in [3.8, 4) is 0 Å². The molecule has 0 amide bonds. The Labute approximate surface area is 154 Å². The summed E-state index contributed by atoms with van der Waals surface area (Å²) in [5.74, 6) is 4.31. The molecule has 2 aromatic rings. The van der Waals surface area contributed by atoms with Gasteiger partial charge in [0.2, 0.25) is 5.95 Å². The maximum absolute atomic E-state index is 13.1. The van der Waals surface area contributed by atoms with E-state index in [9.17, 15) is 4.79 Å². The van der Waals surface area contributed by atoms with Crippen molar-refractivity contribution in [3.05, 3.63) is 16.2 Å². The molecule has 0 spiro atoms. The van der Waals surface area contributed by atoms with E-state index in [-0.39, 0.29) is 11.0 Å². The lowest BCUT2D eigenvalue weighted by Crippen LogP contribution is -2.49. The number of nitrogens with zero attached hydrogens (tertiary/aromatic N) is 4. The lowest BCUT2D eigenvalue weighted by atomic mass is 9.49. The highest BCUT2D eigenvalue weighted by atomic mass is 16.1. The number of aromatic nitrogens is 4. The summed E-state index contributed by atoms with van der Waals surface area (Å²) in [6, 6.07) is 0. The zero-order chi connectivity index (χ0) is 18.1. The predicted molar refractivity (Wildman–Crippen MR) is 103 cm³/mol. The highest BCUT2D eigenvalue weighted by Crippen LogP contribution is 2.60. The summed E-state index contributed by atoms with van der Waals surface area (Å²) in [5.41, 5.74) is 1.37. The van der Waals surface area contributed by atoms with Crippen molar-refractivity contribution in [1.29, 1.82) is 0 Å². The molecule has 0 aromatic carbocycles. The quantitative estimate of drug-likeness (QED) is 0.915. The molecule has 140 valence electrons. The number of anilines is 1. The molecule has 2 aromatic heterocycles. The molecule has 4 bridgehead atoms. The third kappa shape index (κ3) is 2.26. The number of rotatable bonds is 4. The molecule has 0 radical (unpaired) electrons. The fourth-order valence-corrected chi connectivity index (χ4v) is 6.39. The van der Waals surface area contributed by atoms with Crippen molar-refractivity contribution < 1.29 is 0 Å². The van der Waals surface area contributed by atoms with E-state index in [0.29, 0.717) is 23.7 Å². The van der Waals surface area contributed by atoms with Crippen molar-refractivity contribution >= 4 is 17.1 Å². The molecule has 6 nitrogen and oxygen atoms in total. The fraction of sp³-hybridized carbons (Fsp3) is 0.750.